The molecule has 1 N–H and O–H groups in total. The van der Waals surface area contributed by atoms with Crippen molar-refractivity contribution in [2.45, 2.75) is 6.42 Å². The van der Waals surface area contributed by atoms with E-state index in [4.69, 9.17) is 14.7 Å². The molecule has 5 heteroatoms. The quantitative estimate of drug-likeness (QED) is 0.576. The highest BCUT2D eigenvalue weighted by Crippen LogP contribution is 2.33. The highest BCUT2D eigenvalue weighted by Gasteiger charge is 2.25. The number of hydrogen-bond donors (Lipinski definition) is 1. The van der Waals surface area contributed by atoms with Crippen LogP contribution < -0.4 is 9.47 Å². The fraction of sp³-hybridized carbons (Fsp3) is 0.273. The molecule has 0 aliphatic carbocycles. The summed E-state index contributed by atoms with van der Waals surface area (Å²) in [4.78, 5) is 11.9. The third-order valence-corrected chi connectivity index (χ3v) is 2.41. The molecule has 0 amide bonds. The average Bonchev–Trinajstić information content (AvgIpc) is 2.48. The second-order valence-corrected chi connectivity index (χ2v) is 3.31. The van der Waals surface area contributed by atoms with Crippen molar-refractivity contribution in [3.8, 4) is 11.5 Å². The summed E-state index contributed by atoms with van der Waals surface area (Å²) in [6, 6.07) is 5.03. The first-order chi connectivity index (χ1) is 7.77. The minimum absolute atomic E-state index is 0.104. The highest BCUT2D eigenvalue weighted by atomic mass is 16.5. The zero-order chi connectivity index (χ0) is 11.5. The number of ether oxygens (including phenoxy) is 2. The largest absolute Gasteiger partial charge is 0.493 e. The number of fused-ring (bicyclic) bond motifs is 1. The summed E-state index contributed by atoms with van der Waals surface area (Å²) < 4.78 is 10.5. The predicted octanol–water partition coefficient (Wildman–Crippen LogP) is 1.49. The Labute approximate surface area is 92.3 Å². The molecule has 1 heterocycles. The molecule has 0 fully saturated rings. The molecular weight excluding hydrogens is 210 g/mol. The lowest BCUT2D eigenvalue weighted by Crippen LogP contribution is -2.13. The summed E-state index contributed by atoms with van der Waals surface area (Å²) in [7, 11) is 1.51. The summed E-state index contributed by atoms with van der Waals surface area (Å²) in [6.07, 6.45) is 0.285. The van der Waals surface area contributed by atoms with E-state index in [1.165, 1.54) is 7.11 Å². The first-order valence-corrected chi connectivity index (χ1v) is 4.83. The summed E-state index contributed by atoms with van der Waals surface area (Å²) in [5, 5.41) is 11.7. The summed E-state index contributed by atoms with van der Waals surface area (Å²) in [5.74, 6) is 0.590. The molecule has 2 rings (SSSR count). The van der Waals surface area contributed by atoms with Gasteiger partial charge in [0.25, 0.3) is 0 Å². The summed E-state index contributed by atoms with van der Waals surface area (Å²) in [5.41, 5.74) is 0.469. The number of rotatable bonds is 1. The lowest BCUT2D eigenvalue weighted by molar-refractivity contribution is 0.106. The molecule has 1 aliphatic rings. The fourth-order valence-corrected chi connectivity index (χ4v) is 1.62. The topological polar surface area (TPSA) is 68.1 Å². The zero-order valence-electron chi connectivity index (χ0n) is 8.77. The van der Waals surface area contributed by atoms with Gasteiger partial charge in [-0.1, -0.05) is 11.2 Å². The van der Waals surface area contributed by atoms with Crippen molar-refractivity contribution in [1.29, 1.82) is 0 Å². The van der Waals surface area contributed by atoms with Gasteiger partial charge in [-0.05, 0) is 12.1 Å². The summed E-state index contributed by atoms with van der Waals surface area (Å²) >= 11 is 0. The molecule has 84 valence electrons. The normalized spacial score (nSPS) is 17.6. The van der Waals surface area contributed by atoms with Gasteiger partial charge in [-0.15, -0.1) is 0 Å². The van der Waals surface area contributed by atoms with Crippen LogP contribution in [0.2, 0.25) is 0 Å². The van der Waals surface area contributed by atoms with Crippen LogP contribution in [0.4, 0.5) is 0 Å². The Morgan fingerprint density at radius 3 is 3.00 bits per heavy atom. The van der Waals surface area contributed by atoms with Crippen LogP contribution in [0, 0.1) is 0 Å². The molecule has 1 aromatic rings. The monoisotopic (exact) mass is 221 g/mol. The van der Waals surface area contributed by atoms with Crippen LogP contribution in [-0.2, 0) is 0 Å². The minimum Gasteiger partial charge on any atom is -0.493 e. The number of para-hydroxylation sites is 1. The van der Waals surface area contributed by atoms with E-state index in [1.54, 1.807) is 18.2 Å². The number of Topliss-reactive ketones (excluding diaryl/α,β-unsaturated/α-hetero) is 1. The van der Waals surface area contributed by atoms with Gasteiger partial charge in [-0.2, -0.15) is 0 Å². The van der Waals surface area contributed by atoms with Crippen LogP contribution in [0.5, 0.6) is 11.5 Å². The van der Waals surface area contributed by atoms with Gasteiger partial charge in [0.1, 0.15) is 5.71 Å². The zero-order valence-corrected chi connectivity index (χ0v) is 8.77. The molecule has 0 unspecified atom stereocenters. The summed E-state index contributed by atoms with van der Waals surface area (Å²) in [6.45, 7) is 0.290. The molecule has 0 spiro atoms. The Bertz CT molecular complexity index is 453. The van der Waals surface area contributed by atoms with Crippen molar-refractivity contribution in [3.63, 3.8) is 0 Å². The Hall–Kier alpha value is -2.04. The third-order valence-electron chi connectivity index (χ3n) is 2.41. The van der Waals surface area contributed by atoms with Crippen LogP contribution in [0.25, 0.3) is 0 Å². The van der Waals surface area contributed by atoms with E-state index in [0.717, 1.165) is 0 Å². The van der Waals surface area contributed by atoms with Crippen molar-refractivity contribution in [1.82, 2.24) is 0 Å². The van der Waals surface area contributed by atoms with Gasteiger partial charge < -0.3 is 14.7 Å². The Morgan fingerprint density at radius 1 is 1.50 bits per heavy atom. The molecule has 1 aliphatic heterocycles. The smallest absolute Gasteiger partial charge is 0.214 e. The van der Waals surface area contributed by atoms with Crippen molar-refractivity contribution < 1.29 is 19.5 Å². The maximum atomic E-state index is 11.9. The molecule has 1 aromatic carbocycles. The Kier molecular flexibility index (Phi) is 2.76. The van der Waals surface area contributed by atoms with Crippen LogP contribution in [0.1, 0.15) is 16.8 Å². The van der Waals surface area contributed by atoms with Crippen LogP contribution in [0.3, 0.4) is 0 Å². The maximum absolute atomic E-state index is 11.9. The van der Waals surface area contributed by atoms with E-state index in [9.17, 15) is 4.79 Å². The van der Waals surface area contributed by atoms with Gasteiger partial charge in [0.2, 0.25) is 5.78 Å². The Balaban J connectivity index is 2.55. The van der Waals surface area contributed by atoms with E-state index in [-0.39, 0.29) is 17.9 Å². The number of carbonyl (C=O) groups is 1. The van der Waals surface area contributed by atoms with Crippen molar-refractivity contribution in [2.24, 2.45) is 5.16 Å². The number of nitrogens with zero attached hydrogens (tertiary/aromatic N) is 1. The van der Waals surface area contributed by atoms with Gasteiger partial charge in [0.05, 0.1) is 19.3 Å². The first kappa shape index (κ1) is 10.5. The number of hydrogen-bond acceptors (Lipinski definition) is 5. The second-order valence-electron chi connectivity index (χ2n) is 3.31. The van der Waals surface area contributed by atoms with Gasteiger partial charge in [0.15, 0.2) is 11.5 Å². The Morgan fingerprint density at radius 2 is 2.31 bits per heavy atom. The molecule has 0 aromatic heterocycles. The number of methoxy groups -OCH3 is 1. The molecule has 5 nitrogen and oxygen atoms in total. The van der Waals surface area contributed by atoms with Gasteiger partial charge in [-0.25, -0.2) is 0 Å². The number of carbonyl (C=O) groups excluding carboxylic acids is 1. The van der Waals surface area contributed by atoms with E-state index in [2.05, 4.69) is 5.16 Å². The maximum Gasteiger partial charge on any atom is 0.214 e. The third kappa shape index (κ3) is 1.60. The molecule has 0 atom stereocenters. The van der Waals surface area contributed by atoms with Crippen LogP contribution in [0.15, 0.2) is 23.4 Å². The lowest BCUT2D eigenvalue weighted by Gasteiger charge is -2.09. The van der Waals surface area contributed by atoms with E-state index < -0.39 is 0 Å². The van der Waals surface area contributed by atoms with E-state index in [0.29, 0.717) is 23.7 Å². The molecule has 0 saturated carbocycles. The molecule has 0 bridgehead atoms. The number of oxime groups is 1. The standard InChI is InChI=1S/C11H11NO4/c1-15-9-4-2-3-7-10(13)8(12-14)5-6-16-11(7)9/h2-4,14H,5-6H2,1H3/b12-8-. The predicted molar refractivity (Wildman–Crippen MR) is 56.7 cm³/mol. The SMILES string of the molecule is COc1cccc2c1OCC/C(=N/O)C2=O. The highest BCUT2D eigenvalue weighted by molar-refractivity contribution is 6.46. The molecular formula is C11H11NO4. The van der Waals surface area contributed by atoms with E-state index in [1.807, 2.05) is 0 Å². The van der Waals surface area contributed by atoms with Gasteiger partial charge in [-0.3, -0.25) is 4.79 Å². The van der Waals surface area contributed by atoms with Crippen LogP contribution in [-0.4, -0.2) is 30.4 Å². The number of ketones is 1. The van der Waals surface area contributed by atoms with Crippen molar-refractivity contribution in [2.75, 3.05) is 13.7 Å². The minimum atomic E-state index is -0.325. The molecule has 16 heavy (non-hydrogen) atoms. The van der Waals surface area contributed by atoms with Gasteiger partial charge >= 0.3 is 0 Å². The average molecular weight is 221 g/mol. The van der Waals surface area contributed by atoms with Gasteiger partial charge in [0, 0.05) is 6.42 Å². The van der Waals surface area contributed by atoms with E-state index >= 15 is 0 Å². The molecule has 0 saturated heterocycles. The second kappa shape index (κ2) is 4.22. The number of benzene rings is 1. The molecule has 0 radical (unpaired) electrons. The van der Waals surface area contributed by atoms with Crippen LogP contribution >= 0.6 is 0 Å². The first-order valence-electron chi connectivity index (χ1n) is 4.83. The lowest BCUT2D eigenvalue weighted by atomic mass is 10.0. The fourth-order valence-electron chi connectivity index (χ4n) is 1.62. The van der Waals surface area contributed by atoms with Crippen molar-refractivity contribution in [3.05, 3.63) is 23.8 Å². The van der Waals surface area contributed by atoms with Crippen molar-refractivity contribution >= 4 is 11.5 Å².